The normalized spacial score (nSPS) is 24.3. The lowest BCUT2D eigenvalue weighted by Gasteiger charge is -2.44. The summed E-state index contributed by atoms with van der Waals surface area (Å²) in [6, 6.07) is 13.0. The molecule has 4 atom stereocenters. The first-order chi connectivity index (χ1) is 32.6. The van der Waals surface area contributed by atoms with Crippen molar-refractivity contribution in [1.29, 1.82) is 0 Å². The number of nitrogens with zero attached hydrogens (tertiary/aromatic N) is 6. The molecule has 14 nitrogen and oxygen atoms in total. The van der Waals surface area contributed by atoms with E-state index in [0.29, 0.717) is 51.8 Å². The van der Waals surface area contributed by atoms with E-state index in [9.17, 15) is 14.5 Å². The van der Waals surface area contributed by atoms with Gasteiger partial charge in [-0.15, -0.1) is 0 Å². The van der Waals surface area contributed by atoms with Crippen molar-refractivity contribution in [3.8, 4) is 5.75 Å². The van der Waals surface area contributed by atoms with Gasteiger partial charge in [-0.05, 0) is 135 Å². The number of methoxy groups -OCH3 is 1. The SMILES string of the molecule is CCc1cc(Nc2ncc(Br)c(Nc3ccc4nc(NC5CC5)ccc4c3P(C)(C)=O)n2)c(OC)cc1N1CCC(N2CCN(CCC3=CC(F)C(C)([C@H]4CCC(=O)NC4O)C(F)=C3)CC2)CC1. The van der Waals surface area contributed by atoms with Crippen molar-refractivity contribution in [2.45, 2.75) is 89.7 Å². The fourth-order valence-electron chi connectivity index (χ4n) is 10.5. The number of carbonyl (C=O) groups excluding carboxylic acids is 1. The van der Waals surface area contributed by atoms with Gasteiger partial charge >= 0.3 is 0 Å². The lowest BCUT2D eigenvalue weighted by atomic mass is 9.66. The van der Waals surface area contributed by atoms with Crippen molar-refractivity contribution in [3.63, 3.8) is 0 Å². The predicted octanol–water partition coefficient (Wildman–Crippen LogP) is 8.63. The molecule has 0 spiro atoms. The number of alkyl halides is 1. The number of aryl methyl sites for hydroxylation is 1. The first-order valence-electron chi connectivity index (χ1n) is 24.1. The van der Waals surface area contributed by atoms with E-state index in [1.807, 2.05) is 24.3 Å². The first-order valence-corrected chi connectivity index (χ1v) is 27.4. The van der Waals surface area contributed by atoms with Crippen LogP contribution in [0.1, 0.15) is 64.4 Å². The topological polar surface area (TPSA) is 160 Å². The van der Waals surface area contributed by atoms with Crippen LogP contribution in [0.25, 0.3) is 10.9 Å². The van der Waals surface area contributed by atoms with Gasteiger partial charge in [-0.25, -0.2) is 18.7 Å². The molecule has 0 radical (unpaired) electrons. The van der Waals surface area contributed by atoms with Gasteiger partial charge in [-0.3, -0.25) is 9.69 Å². The standard InChI is InChI=1S/C50H64BrF2N10O4P/c1-6-31-27-39(58-49-54-29-36(51)47(60-49)57-38-12-11-37-34(46(38)68(4,5)66)9-13-44(56-37)55-32-7-8-32)41(67-3)28-40(31)63-19-16-33(17-20-63)62-23-21-61(22-24-62)18-15-30-25-42(52)50(2,43(53)26-30)35-10-14-45(64)59-48(35)65/h9,11-13,25-29,32-33,35,42,48,65H,6-8,10,14-24H2,1-5H3,(H,55,56)(H,59,64)(H2,54,57,58,60)/t35-,42?,48?,50?/m0/s1. The van der Waals surface area contributed by atoms with E-state index in [4.69, 9.17) is 14.7 Å². The summed E-state index contributed by atoms with van der Waals surface area (Å²) in [7, 11) is -1.10. The smallest absolute Gasteiger partial charge is 0.229 e. The Morgan fingerprint density at radius 3 is 2.44 bits per heavy atom. The minimum Gasteiger partial charge on any atom is -0.494 e. The molecule has 68 heavy (non-hydrogen) atoms. The Labute approximate surface area is 406 Å². The third-order valence-electron chi connectivity index (χ3n) is 14.7. The lowest BCUT2D eigenvalue weighted by Crippen LogP contribution is -2.54. The minimum atomic E-state index is -2.77. The zero-order valence-corrected chi connectivity index (χ0v) is 42.1. The van der Waals surface area contributed by atoms with E-state index in [0.717, 1.165) is 111 Å². The Bertz CT molecular complexity index is 2650. The van der Waals surface area contributed by atoms with Crippen molar-refractivity contribution in [2.75, 3.05) is 87.1 Å². The molecule has 364 valence electrons. The van der Waals surface area contributed by atoms with Crippen LogP contribution in [0.5, 0.6) is 5.75 Å². The molecule has 2 aromatic carbocycles. The summed E-state index contributed by atoms with van der Waals surface area (Å²) in [6.07, 6.45) is 7.92. The number of benzene rings is 2. The highest BCUT2D eigenvalue weighted by Crippen LogP contribution is 2.49. The van der Waals surface area contributed by atoms with Gasteiger partial charge in [0, 0.05) is 98.9 Å². The van der Waals surface area contributed by atoms with Crippen molar-refractivity contribution in [2.24, 2.45) is 11.3 Å². The molecule has 3 unspecified atom stereocenters. The van der Waals surface area contributed by atoms with Crippen LogP contribution in [0.4, 0.5) is 43.4 Å². The van der Waals surface area contributed by atoms with Crippen LogP contribution in [-0.4, -0.2) is 127 Å². The Morgan fingerprint density at radius 2 is 1.76 bits per heavy atom. The van der Waals surface area contributed by atoms with Gasteiger partial charge in [0.15, 0.2) is 0 Å². The molecule has 4 fully saturated rings. The average molecular weight is 1020 g/mol. The monoisotopic (exact) mass is 1020 g/mol. The van der Waals surface area contributed by atoms with E-state index >= 15 is 8.78 Å². The summed E-state index contributed by atoms with van der Waals surface area (Å²) in [5, 5.41) is 24.8. The molecule has 1 saturated carbocycles. The molecule has 2 aliphatic carbocycles. The van der Waals surface area contributed by atoms with Crippen LogP contribution in [-0.2, 0) is 15.8 Å². The number of rotatable bonds is 15. The second kappa shape index (κ2) is 20.0. The Balaban J connectivity index is 0.799. The van der Waals surface area contributed by atoms with Crippen molar-refractivity contribution in [3.05, 3.63) is 76.2 Å². The Hall–Kier alpha value is -4.67. The number of aliphatic hydroxyl groups is 1. The number of hydrogen-bond donors (Lipinski definition) is 5. The van der Waals surface area contributed by atoms with Gasteiger partial charge in [0.2, 0.25) is 11.9 Å². The van der Waals surface area contributed by atoms with Crippen LogP contribution in [0.15, 0.2) is 70.6 Å². The highest BCUT2D eigenvalue weighted by atomic mass is 79.9. The van der Waals surface area contributed by atoms with Gasteiger partial charge < -0.3 is 45.5 Å². The number of anilines is 6. The second-order valence-corrected chi connectivity index (χ2v) is 23.6. The number of piperidine rings is 2. The van der Waals surface area contributed by atoms with Gasteiger partial charge in [0.05, 0.1) is 33.9 Å². The number of amides is 1. The number of hydrogen-bond acceptors (Lipinski definition) is 13. The number of aliphatic hydroxyl groups excluding tert-OH is 1. The van der Waals surface area contributed by atoms with Crippen LogP contribution in [0.3, 0.4) is 0 Å². The number of piperazine rings is 1. The number of nitrogens with one attached hydrogen (secondary N) is 4. The van der Waals surface area contributed by atoms with E-state index in [2.05, 4.69) is 75.9 Å². The van der Waals surface area contributed by atoms with Crippen molar-refractivity contribution < 1.29 is 28.0 Å². The fourth-order valence-corrected chi connectivity index (χ4v) is 12.3. The molecule has 2 aromatic heterocycles. The summed E-state index contributed by atoms with van der Waals surface area (Å²) in [4.78, 5) is 33.5. The highest BCUT2D eigenvalue weighted by Gasteiger charge is 2.51. The molecule has 9 rings (SSSR count). The van der Waals surface area contributed by atoms with Crippen molar-refractivity contribution >= 4 is 79.8 Å². The van der Waals surface area contributed by atoms with Crippen LogP contribution >= 0.6 is 23.1 Å². The van der Waals surface area contributed by atoms with E-state index in [1.54, 1.807) is 26.6 Å². The largest absolute Gasteiger partial charge is 0.494 e. The maximum Gasteiger partial charge on any atom is 0.229 e. The fraction of sp³-hybridized carbons (Fsp3) is 0.520. The minimum absolute atomic E-state index is 0.144. The number of carbonyl (C=O) groups is 1. The number of pyridine rings is 1. The molecule has 3 aliphatic heterocycles. The summed E-state index contributed by atoms with van der Waals surface area (Å²) in [6.45, 7) is 13.5. The van der Waals surface area contributed by atoms with E-state index in [1.165, 1.54) is 24.6 Å². The number of allylic oxidation sites excluding steroid dienone is 3. The Morgan fingerprint density at radius 1 is 1.00 bits per heavy atom. The molecule has 4 aromatic rings. The van der Waals surface area contributed by atoms with E-state index < -0.39 is 36.7 Å². The third-order valence-corrected chi connectivity index (χ3v) is 16.8. The van der Waals surface area contributed by atoms with Gasteiger partial charge in [0.25, 0.3) is 0 Å². The zero-order valence-electron chi connectivity index (χ0n) is 39.6. The molecule has 3 saturated heterocycles. The maximum absolute atomic E-state index is 15.7. The summed E-state index contributed by atoms with van der Waals surface area (Å²) in [5.41, 5.74) is 3.72. The zero-order chi connectivity index (χ0) is 47.9. The third kappa shape index (κ3) is 10.3. The molecule has 18 heteroatoms. The molecule has 5 N–H and O–H groups in total. The Kier molecular flexibility index (Phi) is 14.2. The number of fused-ring (bicyclic) bond motifs is 1. The number of aromatic nitrogens is 3. The molecule has 5 aliphatic rings. The second-order valence-electron chi connectivity index (χ2n) is 19.6. The van der Waals surface area contributed by atoms with E-state index in [-0.39, 0.29) is 18.7 Å². The highest BCUT2D eigenvalue weighted by molar-refractivity contribution is 9.10. The number of halogens is 3. The maximum atomic E-state index is 15.7. The first kappa shape index (κ1) is 48.4. The summed E-state index contributed by atoms with van der Waals surface area (Å²) in [5.74, 6) is 0.812. The average Bonchev–Trinajstić information content (AvgIpc) is 4.14. The number of ether oxygens (including phenoxy) is 1. The molecule has 1 amide bonds. The van der Waals surface area contributed by atoms with Crippen molar-refractivity contribution in [1.82, 2.24) is 30.1 Å². The van der Waals surface area contributed by atoms with Crippen LogP contribution in [0.2, 0.25) is 0 Å². The molecular formula is C50H64BrF2N10O4P. The van der Waals surface area contributed by atoms with Crippen LogP contribution < -0.4 is 36.2 Å². The molecule has 5 heterocycles. The summed E-state index contributed by atoms with van der Waals surface area (Å²) >= 11 is 3.63. The lowest BCUT2D eigenvalue weighted by molar-refractivity contribution is -0.133. The van der Waals surface area contributed by atoms with Gasteiger partial charge in [0.1, 0.15) is 42.8 Å². The molecular weight excluding hydrogens is 953 g/mol. The van der Waals surface area contributed by atoms with Gasteiger partial charge in [-0.2, -0.15) is 4.98 Å². The predicted molar refractivity (Wildman–Crippen MR) is 271 cm³/mol. The molecule has 0 bridgehead atoms. The summed E-state index contributed by atoms with van der Waals surface area (Å²) < 4.78 is 51.7. The van der Waals surface area contributed by atoms with Crippen LogP contribution in [0, 0.1) is 11.3 Å². The quantitative estimate of drug-likeness (QED) is 0.0722. The van der Waals surface area contributed by atoms with Gasteiger partial charge in [-0.1, -0.05) is 6.92 Å².